The Morgan fingerprint density at radius 2 is 1.83 bits per heavy atom. The predicted octanol–water partition coefficient (Wildman–Crippen LogP) is 3.46. The highest BCUT2D eigenvalue weighted by molar-refractivity contribution is 7.89. The van der Waals surface area contributed by atoms with Gasteiger partial charge in [0.1, 0.15) is 11.4 Å². The number of hydrogen-bond donors (Lipinski definition) is 1. The molecule has 3 aromatic rings. The second kappa shape index (κ2) is 7.82. The third-order valence-electron chi connectivity index (χ3n) is 5.17. The zero-order valence-corrected chi connectivity index (χ0v) is 17.4. The van der Waals surface area contributed by atoms with E-state index in [2.05, 4.69) is 5.32 Å². The number of rotatable bonds is 4. The van der Waals surface area contributed by atoms with E-state index in [4.69, 9.17) is 9.15 Å². The number of halogens is 1. The molecule has 0 aliphatic carbocycles. The van der Waals surface area contributed by atoms with Crippen molar-refractivity contribution in [2.45, 2.75) is 18.7 Å². The quantitative estimate of drug-likeness (QED) is 0.682. The lowest BCUT2D eigenvalue weighted by Gasteiger charge is -2.26. The lowest BCUT2D eigenvalue weighted by Crippen LogP contribution is -2.40. The van der Waals surface area contributed by atoms with Crippen molar-refractivity contribution in [3.05, 3.63) is 59.1 Å². The maximum Gasteiger partial charge on any atom is 0.291 e. The first-order valence-corrected chi connectivity index (χ1v) is 10.9. The largest absolute Gasteiger partial charge is 0.451 e. The molecule has 0 atom stereocenters. The summed E-state index contributed by atoms with van der Waals surface area (Å²) in [5.74, 6) is -0.903. The minimum absolute atomic E-state index is 0.0523. The van der Waals surface area contributed by atoms with Crippen molar-refractivity contribution in [1.82, 2.24) is 4.31 Å². The smallest absolute Gasteiger partial charge is 0.291 e. The third kappa shape index (κ3) is 3.71. The number of ether oxygens (including phenoxy) is 1. The van der Waals surface area contributed by atoms with E-state index in [9.17, 15) is 17.6 Å². The van der Waals surface area contributed by atoms with Crippen LogP contribution in [0.1, 0.15) is 21.7 Å². The normalized spacial score (nSPS) is 15.4. The van der Waals surface area contributed by atoms with Crippen LogP contribution in [0.25, 0.3) is 11.0 Å². The van der Waals surface area contributed by atoms with E-state index in [1.165, 1.54) is 34.6 Å². The van der Waals surface area contributed by atoms with Gasteiger partial charge >= 0.3 is 0 Å². The number of nitrogens with zero attached hydrogens (tertiary/aromatic N) is 1. The summed E-state index contributed by atoms with van der Waals surface area (Å²) in [5.41, 5.74) is 1.97. The van der Waals surface area contributed by atoms with Gasteiger partial charge in [-0.05, 0) is 49.7 Å². The van der Waals surface area contributed by atoms with Crippen molar-refractivity contribution in [3.63, 3.8) is 0 Å². The molecule has 0 saturated carbocycles. The van der Waals surface area contributed by atoms with Crippen LogP contribution >= 0.6 is 0 Å². The molecule has 1 aliphatic heterocycles. The zero-order valence-electron chi connectivity index (χ0n) is 16.6. The summed E-state index contributed by atoms with van der Waals surface area (Å²) >= 11 is 0. The molecule has 9 heteroatoms. The van der Waals surface area contributed by atoms with Crippen LogP contribution in [0, 0.1) is 19.7 Å². The van der Waals surface area contributed by atoms with Crippen molar-refractivity contribution < 1.29 is 26.8 Å². The Labute approximate surface area is 173 Å². The van der Waals surface area contributed by atoms with E-state index in [-0.39, 0.29) is 23.7 Å². The first-order chi connectivity index (χ1) is 14.3. The molecule has 0 spiro atoms. The number of benzene rings is 2. The molecule has 30 heavy (non-hydrogen) atoms. The maximum atomic E-state index is 13.5. The fraction of sp³-hybridized carbons (Fsp3) is 0.286. The molecule has 7 nitrogen and oxygen atoms in total. The zero-order chi connectivity index (χ0) is 21.5. The number of hydrogen-bond acceptors (Lipinski definition) is 5. The molecule has 1 amide bonds. The molecule has 2 aromatic carbocycles. The molecule has 1 saturated heterocycles. The van der Waals surface area contributed by atoms with E-state index < -0.39 is 21.7 Å². The third-order valence-corrected chi connectivity index (χ3v) is 7.06. The summed E-state index contributed by atoms with van der Waals surface area (Å²) < 4.78 is 51.5. The van der Waals surface area contributed by atoms with Crippen molar-refractivity contribution in [2.24, 2.45) is 0 Å². The van der Waals surface area contributed by atoms with Gasteiger partial charge in [-0.3, -0.25) is 4.79 Å². The Morgan fingerprint density at radius 3 is 2.57 bits per heavy atom. The lowest BCUT2D eigenvalue weighted by atomic mass is 10.1. The number of furan rings is 1. The van der Waals surface area contributed by atoms with Crippen molar-refractivity contribution in [2.75, 3.05) is 31.6 Å². The van der Waals surface area contributed by atoms with Crippen LogP contribution in [0.5, 0.6) is 0 Å². The molecule has 1 aromatic heterocycles. The van der Waals surface area contributed by atoms with Gasteiger partial charge < -0.3 is 14.5 Å². The number of morpholine rings is 1. The van der Waals surface area contributed by atoms with Gasteiger partial charge in [0.2, 0.25) is 10.0 Å². The van der Waals surface area contributed by atoms with Crippen molar-refractivity contribution in [1.29, 1.82) is 0 Å². The molecular formula is C21H21FN2O5S. The number of sulfonamides is 1. The average molecular weight is 432 g/mol. The summed E-state index contributed by atoms with van der Waals surface area (Å²) in [4.78, 5) is 12.9. The highest BCUT2D eigenvalue weighted by Crippen LogP contribution is 2.28. The summed E-state index contributed by atoms with van der Waals surface area (Å²) in [6.07, 6.45) is 0. The maximum absolute atomic E-state index is 13.5. The summed E-state index contributed by atoms with van der Waals surface area (Å²) in [6.45, 7) is 4.70. The highest BCUT2D eigenvalue weighted by Gasteiger charge is 2.27. The van der Waals surface area contributed by atoms with E-state index in [0.29, 0.717) is 41.0 Å². The van der Waals surface area contributed by atoms with Crippen LogP contribution < -0.4 is 5.32 Å². The fourth-order valence-electron chi connectivity index (χ4n) is 3.42. The number of fused-ring (bicyclic) bond motifs is 1. The van der Waals surface area contributed by atoms with E-state index in [1.54, 1.807) is 19.9 Å². The number of carbonyl (C=O) groups excluding carboxylic acids is 1. The Hall–Kier alpha value is -2.75. The first kappa shape index (κ1) is 20.5. The van der Waals surface area contributed by atoms with Crippen LogP contribution in [-0.2, 0) is 14.8 Å². The highest BCUT2D eigenvalue weighted by atomic mass is 32.2. The van der Waals surface area contributed by atoms with E-state index >= 15 is 0 Å². The Balaban J connectivity index is 1.64. The molecule has 1 aliphatic rings. The monoisotopic (exact) mass is 432 g/mol. The predicted molar refractivity (Wildman–Crippen MR) is 110 cm³/mol. The van der Waals surface area contributed by atoms with Crippen LogP contribution in [0.15, 0.2) is 45.7 Å². The molecule has 1 N–H and O–H groups in total. The second-order valence-electron chi connectivity index (χ2n) is 7.14. The molecule has 0 bridgehead atoms. The van der Waals surface area contributed by atoms with Crippen LogP contribution in [0.3, 0.4) is 0 Å². The SMILES string of the molecule is Cc1ccc(S(=O)(=O)N2CCOCC2)cc1NC(=O)c1oc2ccc(F)cc2c1C. The number of nitrogens with one attached hydrogen (secondary N) is 1. The number of anilines is 1. The molecular weight excluding hydrogens is 411 g/mol. The Bertz CT molecular complexity index is 1230. The molecule has 4 rings (SSSR count). The second-order valence-corrected chi connectivity index (χ2v) is 9.08. The van der Waals surface area contributed by atoms with Crippen molar-refractivity contribution in [3.8, 4) is 0 Å². The minimum atomic E-state index is -3.70. The first-order valence-electron chi connectivity index (χ1n) is 9.46. The molecule has 1 fully saturated rings. The van der Waals surface area contributed by atoms with Crippen LogP contribution in [-0.4, -0.2) is 44.9 Å². The van der Waals surface area contributed by atoms with Gasteiger partial charge in [0.15, 0.2) is 5.76 Å². The van der Waals surface area contributed by atoms with Gasteiger partial charge in [-0.25, -0.2) is 12.8 Å². The van der Waals surface area contributed by atoms with Crippen LogP contribution in [0.4, 0.5) is 10.1 Å². The van der Waals surface area contributed by atoms with Gasteiger partial charge in [0.05, 0.1) is 18.1 Å². The standard InChI is InChI=1S/C21H21FN2O5S/c1-13-3-5-16(30(26,27)24-7-9-28-10-8-24)12-18(13)23-21(25)20-14(2)17-11-15(22)4-6-19(17)29-20/h3-6,11-12H,7-10H2,1-2H3,(H,23,25). The van der Waals surface area contributed by atoms with Gasteiger partial charge in [-0.1, -0.05) is 6.07 Å². The molecule has 0 unspecified atom stereocenters. The lowest BCUT2D eigenvalue weighted by molar-refractivity contribution is 0.0730. The number of aryl methyl sites for hydroxylation is 2. The minimum Gasteiger partial charge on any atom is -0.451 e. The van der Waals surface area contributed by atoms with Gasteiger partial charge in [0.25, 0.3) is 5.91 Å². The molecule has 0 radical (unpaired) electrons. The average Bonchev–Trinajstić information content (AvgIpc) is 3.06. The number of carbonyl (C=O) groups is 1. The van der Waals surface area contributed by atoms with Gasteiger partial charge in [-0.2, -0.15) is 4.31 Å². The van der Waals surface area contributed by atoms with E-state index in [1.807, 2.05) is 0 Å². The Morgan fingerprint density at radius 1 is 1.10 bits per heavy atom. The van der Waals surface area contributed by atoms with Gasteiger partial charge in [-0.15, -0.1) is 0 Å². The summed E-state index contributed by atoms with van der Waals surface area (Å²) in [6, 6.07) is 8.64. The van der Waals surface area contributed by atoms with E-state index in [0.717, 1.165) is 0 Å². The topological polar surface area (TPSA) is 88.9 Å². The van der Waals surface area contributed by atoms with Gasteiger partial charge in [0, 0.05) is 29.7 Å². The van der Waals surface area contributed by atoms with Crippen LogP contribution in [0.2, 0.25) is 0 Å². The fourth-order valence-corrected chi connectivity index (χ4v) is 4.86. The number of amides is 1. The summed E-state index contributed by atoms with van der Waals surface area (Å²) in [7, 11) is -3.70. The Kier molecular flexibility index (Phi) is 5.35. The molecule has 2 heterocycles. The summed E-state index contributed by atoms with van der Waals surface area (Å²) in [5, 5.41) is 3.24. The molecule has 158 valence electrons. The van der Waals surface area contributed by atoms with Crippen molar-refractivity contribution >= 4 is 32.6 Å².